The highest BCUT2D eigenvalue weighted by Crippen LogP contribution is 2.36. The minimum atomic E-state index is -0.288. The molecule has 0 aromatic heterocycles. The van der Waals surface area contributed by atoms with E-state index in [2.05, 4.69) is 24.4 Å². The van der Waals surface area contributed by atoms with E-state index < -0.39 is 0 Å². The lowest BCUT2D eigenvalue weighted by molar-refractivity contribution is -0.127. The van der Waals surface area contributed by atoms with E-state index in [0.717, 1.165) is 29.8 Å². The lowest BCUT2D eigenvalue weighted by atomic mass is 10.0. The maximum atomic E-state index is 12.9. The van der Waals surface area contributed by atoms with Gasteiger partial charge in [-0.2, -0.15) is 0 Å². The normalized spacial score (nSPS) is 21.8. The molecular weight excluding hydrogens is 356 g/mol. The summed E-state index contributed by atoms with van der Waals surface area (Å²) in [5.41, 5.74) is 3.28. The van der Waals surface area contributed by atoms with Crippen LogP contribution >= 0.6 is 11.8 Å². The summed E-state index contributed by atoms with van der Waals surface area (Å²) in [5, 5.41) is 3.21. The Morgan fingerprint density at radius 3 is 2.81 bits per heavy atom. The number of thioether (sulfide) groups is 1. The summed E-state index contributed by atoms with van der Waals surface area (Å²) < 4.78 is 0. The molecule has 5 heteroatoms. The highest BCUT2D eigenvalue weighted by atomic mass is 32.2. The van der Waals surface area contributed by atoms with Crippen molar-refractivity contribution in [2.24, 2.45) is 5.92 Å². The number of amides is 2. The van der Waals surface area contributed by atoms with E-state index >= 15 is 0 Å². The van der Waals surface area contributed by atoms with Gasteiger partial charge < -0.3 is 10.2 Å². The molecule has 0 radical (unpaired) electrons. The van der Waals surface area contributed by atoms with Crippen LogP contribution in [0.3, 0.4) is 0 Å². The molecule has 0 aliphatic carbocycles. The van der Waals surface area contributed by atoms with Crippen LogP contribution in [0.2, 0.25) is 0 Å². The summed E-state index contributed by atoms with van der Waals surface area (Å²) >= 11 is 1.84. The third-order valence-corrected chi connectivity index (χ3v) is 6.56. The standard InChI is InChI=1S/C22H24N2O2S/c1-2-15-7-3-5-9-19(15)24-14-16(13-21(24)25)22(26)23-18-11-12-27-20-10-6-4-8-17(18)20/h3-10,16,18H,2,11-14H2,1H3,(H,23,26)/t16-,18+/m1/s1. The predicted molar refractivity (Wildman–Crippen MR) is 109 cm³/mol. The number of benzene rings is 2. The van der Waals surface area contributed by atoms with Crippen molar-refractivity contribution in [2.45, 2.75) is 37.1 Å². The van der Waals surface area contributed by atoms with E-state index in [1.807, 2.05) is 48.2 Å². The summed E-state index contributed by atoms with van der Waals surface area (Å²) in [6.07, 6.45) is 2.08. The zero-order valence-corrected chi connectivity index (χ0v) is 16.3. The highest BCUT2D eigenvalue weighted by Gasteiger charge is 2.37. The van der Waals surface area contributed by atoms with Gasteiger partial charge in [0.1, 0.15) is 0 Å². The smallest absolute Gasteiger partial charge is 0.227 e. The molecule has 4 nitrogen and oxygen atoms in total. The third-order valence-electron chi connectivity index (χ3n) is 5.43. The number of carbonyl (C=O) groups is 2. The molecule has 0 unspecified atom stereocenters. The van der Waals surface area contributed by atoms with Crippen molar-refractivity contribution in [3.05, 3.63) is 59.7 Å². The van der Waals surface area contributed by atoms with Crippen molar-refractivity contribution in [1.29, 1.82) is 0 Å². The number of fused-ring (bicyclic) bond motifs is 1. The molecule has 1 fully saturated rings. The van der Waals surface area contributed by atoms with Gasteiger partial charge >= 0.3 is 0 Å². The molecule has 1 saturated heterocycles. The minimum Gasteiger partial charge on any atom is -0.349 e. The Balaban J connectivity index is 1.47. The van der Waals surface area contributed by atoms with Gasteiger partial charge in [0, 0.05) is 29.3 Å². The Kier molecular flexibility index (Phi) is 5.21. The zero-order valence-electron chi connectivity index (χ0n) is 15.5. The van der Waals surface area contributed by atoms with Gasteiger partial charge in [-0.15, -0.1) is 11.8 Å². The average molecular weight is 381 g/mol. The van der Waals surface area contributed by atoms with Crippen molar-refractivity contribution < 1.29 is 9.59 Å². The minimum absolute atomic E-state index is 0.00784. The summed E-state index contributed by atoms with van der Waals surface area (Å²) in [5.74, 6) is 0.744. The molecule has 0 spiro atoms. The first-order valence-corrected chi connectivity index (χ1v) is 10.6. The number of hydrogen-bond donors (Lipinski definition) is 1. The predicted octanol–water partition coefficient (Wildman–Crippen LogP) is 3.96. The van der Waals surface area contributed by atoms with Crippen LogP contribution in [-0.4, -0.2) is 24.1 Å². The lowest BCUT2D eigenvalue weighted by Gasteiger charge is -2.27. The number of anilines is 1. The molecule has 2 aliphatic heterocycles. The molecule has 4 rings (SSSR count). The average Bonchev–Trinajstić information content (AvgIpc) is 3.10. The van der Waals surface area contributed by atoms with Crippen molar-refractivity contribution in [2.75, 3.05) is 17.2 Å². The monoisotopic (exact) mass is 380 g/mol. The van der Waals surface area contributed by atoms with Crippen LogP contribution in [0.25, 0.3) is 0 Å². The Morgan fingerprint density at radius 2 is 1.96 bits per heavy atom. The third kappa shape index (κ3) is 3.61. The number of nitrogens with zero attached hydrogens (tertiary/aromatic N) is 1. The van der Waals surface area contributed by atoms with Crippen LogP contribution in [0.4, 0.5) is 5.69 Å². The Morgan fingerprint density at radius 1 is 1.19 bits per heavy atom. The zero-order chi connectivity index (χ0) is 18.8. The van der Waals surface area contributed by atoms with E-state index in [4.69, 9.17) is 0 Å². The van der Waals surface area contributed by atoms with Gasteiger partial charge in [-0.1, -0.05) is 43.3 Å². The van der Waals surface area contributed by atoms with Gasteiger partial charge in [0.2, 0.25) is 11.8 Å². The Bertz CT molecular complexity index is 867. The molecule has 0 bridgehead atoms. The Labute approximate surface area is 164 Å². The van der Waals surface area contributed by atoms with Crippen LogP contribution in [-0.2, 0) is 16.0 Å². The number of nitrogens with one attached hydrogen (secondary N) is 1. The molecule has 140 valence electrons. The maximum absolute atomic E-state index is 12.9. The fourth-order valence-corrected chi connectivity index (χ4v) is 5.10. The molecule has 2 amide bonds. The maximum Gasteiger partial charge on any atom is 0.227 e. The molecule has 2 aromatic rings. The molecule has 0 saturated carbocycles. The van der Waals surface area contributed by atoms with Crippen LogP contribution in [0.1, 0.15) is 36.9 Å². The Hall–Kier alpha value is -2.27. The fourth-order valence-electron chi connectivity index (χ4n) is 3.97. The molecule has 1 N–H and O–H groups in total. The number of aryl methyl sites for hydroxylation is 1. The molecule has 2 aromatic carbocycles. The van der Waals surface area contributed by atoms with Gasteiger partial charge in [-0.3, -0.25) is 9.59 Å². The van der Waals surface area contributed by atoms with Gasteiger partial charge in [0.25, 0.3) is 0 Å². The number of rotatable bonds is 4. The lowest BCUT2D eigenvalue weighted by Crippen LogP contribution is -2.36. The first-order valence-electron chi connectivity index (χ1n) is 9.57. The van der Waals surface area contributed by atoms with E-state index in [0.29, 0.717) is 6.54 Å². The first kappa shape index (κ1) is 18.1. The number of carbonyl (C=O) groups excluding carboxylic acids is 2. The van der Waals surface area contributed by atoms with Crippen molar-refractivity contribution in [1.82, 2.24) is 5.32 Å². The summed E-state index contributed by atoms with van der Waals surface area (Å²) in [6, 6.07) is 16.3. The topological polar surface area (TPSA) is 49.4 Å². The van der Waals surface area contributed by atoms with Gasteiger partial charge in [-0.05, 0) is 36.1 Å². The van der Waals surface area contributed by atoms with Crippen LogP contribution in [0.5, 0.6) is 0 Å². The van der Waals surface area contributed by atoms with Gasteiger partial charge in [0.05, 0.1) is 12.0 Å². The van der Waals surface area contributed by atoms with Gasteiger partial charge in [0.15, 0.2) is 0 Å². The quantitative estimate of drug-likeness (QED) is 0.874. The van der Waals surface area contributed by atoms with E-state index in [1.165, 1.54) is 10.5 Å². The SMILES string of the molecule is CCc1ccccc1N1C[C@H](C(=O)N[C@H]2CCSc3ccccc32)CC1=O. The summed E-state index contributed by atoms with van der Waals surface area (Å²) in [6.45, 7) is 2.55. The van der Waals surface area contributed by atoms with E-state index in [9.17, 15) is 9.59 Å². The second kappa shape index (κ2) is 7.77. The highest BCUT2D eigenvalue weighted by molar-refractivity contribution is 7.99. The fraction of sp³-hybridized carbons (Fsp3) is 0.364. The summed E-state index contributed by atoms with van der Waals surface area (Å²) in [7, 11) is 0. The molecule has 2 aliphatic rings. The van der Waals surface area contributed by atoms with Crippen molar-refractivity contribution >= 4 is 29.3 Å². The van der Waals surface area contributed by atoms with Crippen molar-refractivity contribution in [3.8, 4) is 0 Å². The summed E-state index contributed by atoms with van der Waals surface area (Å²) in [4.78, 5) is 28.5. The largest absolute Gasteiger partial charge is 0.349 e. The van der Waals surface area contributed by atoms with Gasteiger partial charge in [-0.25, -0.2) is 0 Å². The van der Waals surface area contributed by atoms with E-state index in [-0.39, 0.29) is 30.2 Å². The molecular formula is C22H24N2O2S. The van der Waals surface area contributed by atoms with E-state index in [1.54, 1.807) is 4.90 Å². The van der Waals surface area contributed by atoms with Crippen molar-refractivity contribution in [3.63, 3.8) is 0 Å². The molecule has 2 atom stereocenters. The molecule has 2 heterocycles. The first-order chi connectivity index (χ1) is 13.2. The second-order valence-electron chi connectivity index (χ2n) is 7.12. The number of para-hydroxylation sites is 1. The van der Waals surface area contributed by atoms with Crippen LogP contribution < -0.4 is 10.2 Å². The second-order valence-corrected chi connectivity index (χ2v) is 8.26. The van der Waals surface area contributed by atoms with Crippen LogP contribution in [0.15, 0.2) is 53.4 Å². The number of hydrogen-bond acceptors (Lipinski definition) is 3. The molecule has 27 heavy (non-hydrogen) atoms. The van der Waals surface area contributed by atoms with Crippen LogP contribution in [0, 0.1) is 5.92 Å².